The summed E-state index contributed by atoms with van der Waals surface area (Å²) in [5, 5.41) is 0. The van der Waals surface area contributed by atoms with Gasteiger partial charge in [0, 0.05) is 19.3 Å². The fourth-order valence-electron chi connectivity index (χ4n) is 10.0. The van der Waals surface area contributed by atoms with Gasteiger partial charge in [0.25, 0.3) is 0 Å². The molecule has 0 spiro atoms. The number of carbonyl (C=O) groups is 3. The minimum Gasteiger partial charge on any atom is -0.462 e. The van der Waals surface area contributed by atoms with Gasteiger partial charge in [-0.25, -0.2) is 0 Å². The topological polar surface area (TPSA) is 78.9 Å². The van der Waals surface area contributed by atoms with Crippen molar-refractivity contribution in [3.8, 4) is 0 Å². The normalized spacial score (nSPS) is 12.8. The minimum absolute atomic E-state index is 0.0952. The monoisotopic (exact) mass is 1150 g/mol. The summed E-state index contributed by atoms with van der Waals surface area (Å²) >= 11 is 0. The van der Waals surface area contributed by atoms with Gasteiger partial charge in [0.15, 0.2) is 6.10 Å². The van der Waals surface area contributed by atoms with Gasteiger partial charge in [-0.3, -0.25) is 14.4 Å². The summed E-state index contributed by atoms with van der Waals surface area (Å²) in [4.78, 5) is 38.4. The second-order valence-corrected chi connectivity index (χ2v) is 23.4. The van der Waals surface area contributed by atoms with Crippen molar-refractivity contribution >= 4 is 17.9 Å². The quantitative estimate of drug-likeness (QED) is 0.0261. The molecule has 0 fully saturated rings. The number of allylic oxidation sites excluding steroid dienone is 18. The van der Waals surface area contributed by atoms with E-state index < -0.39 is 6.10 Å². The highest BCUT2D eigenvalue weighted by molar-refractivity contribution is 5.71. The fraction of sp³-hybridized carbons (Fsp3) is 0.727. The lowest BCUT2D eigenvalue weighted by molar-refractivity contribution is -0.167. The van der Waals surface area contributed by atoms with Gasteiger partial charge in [-0.05, 0) is 122 Å². The molecule has 0 aromatic heterocycles. The second kappa shape index (κ2) is 70.6. The van der Waals surface area contributed by atoms with Crippen molar-refractivity contribution in [1.82, 2.24) is 0 Å². The molecule has 476 valence electrons. The minimum atomic E-state index is -0.804. The number of hydrogen-bond acceptors (Lipinski definition) is 6. The van der Waals surface area contributed by atoms with Crippen molar-refractivity contribution in [3.63, 3.8) is 0 Å². The molecule has 0 saturated heterocycles. The molecule has 6 heteroatoms. The summed E-state index contributed by atoms with van der Waals surface area (Å²) in [6.07, 6.45) is 97.0. The maximum Gasteiger partial charge on any atom is 0.306 e. The van der Waals surface area contributed by atoms with E-state index in [0.717, 1.165) is 135 Å². The number of hydrogen-bond donors (Lipinski definition) is 0. The predicted octanol–water partition coefficient (Wildman–Crippen LogP) is 24.6. The SMILES string of the molecule is CC/C=C\C/C=C\C/C=C\C/C=C\CCCCCCC(=O)OCC(COC(=O)CCCCCCCCCCCCCCCCCCCCC/C=C\CCCCCCCCCC)OC(=O)CCCCCC/C=C\C/C=C\C/C=C\C/C=C\CC. The Morgan fingerprint density at radius 2 is 0.470 bits per heavy atom. The van der Waals surface area contributed by atoms with Crippen LogP contribution in [0.4, 0.5) is 0 Å². The lowest BCUT2D eigenvalue weighted by Gasteiger charge is -2.18. The van der Waals surface area contributed by atoms with Crippen LogP contribution in [0, 0.1) is 0 Å². The van der Waals surface area contributed by atoms with Crippen molar-refractivity contribution in [1.29, 1.82) is 0 Å². The molecule has 6 nitrogen and oxygen atoms in total. The molecule has 0 aromatic carbocycles. The molecule has 0 aliphatic carbocycles. The van der Waals surface area contributed by atoms with Crippen LogP contribution >= 0.6 is 0 Å². The average Bonchev–Trinajstić information content (AvgIpc) is 3.50. The van der Waals surface area contributed by atoms with Crippen LogP contribution in [0.5, 0.6) is 0 Å². The zero-order valence-corrected chi connectivity index (χ0v) is 54.7. The molecule has 0 aliphatic rings. The van der Waals surface area contributed by atoms with Crippen LogP contribution in [-0.2, 0) is 28.6 Å². The largest absolute Gasteiger partial charge is 0.462 e. The Bertz CT molecular complexity index is 1660. The summed E-state index contributed by atoms with van der Waals surface area (Å²) in [6.45, 7) is 6.41. The van der Waals surface area contributed by atoms with Gasteiger partial charge in [0.2, 0.25) is 0 Å². The van der Waals surface area contributed by atoms with E-state index in [-0.39, 0.29) is 31.1 Å². The molecule has 0 radical (unpaired) electrons. The van der Waals surface area contributed by atoms with Crippen molar-refractivity contribution < 1.29 is 28.6 Å². The van der Waals surface area contributed by atoms with Crippen molar-refractivity contribution in [3.05, 3.63) is 109 Å². The van der Waals surface area contributed by atoms with E-state index in [2.05, 4.69) is 130 Å². The molecule has 0 heterocycles. The summed E-state index contributed by atoms with van der Waals surface area (Å²) < 4.78 is 16.9. The van der Waals surface area contributed by atoms with Gasteiger partial charge in [-0.2, -0.15) is 0 Å². The van der Waals surface area contributed by atoms with Crippen LogP contribution in [0.2, 0.25) is 0 Å². The maximum absolute atomic E-state index is 12.9. The van der Waals surface area contributed by atoms with Gasteiger partial charge in [-0.1, -0.05) is 310 Å². The highest BCUT2D eigenvalue weighted by Gasteiger charge is 2.19. The van der Waals surface area contributed by atoms with Crippen LogP contribution < -0.4 is 0 Å². The third-order valence-corrected chi connectivity index (χ3v) is 15.2. The van der Waals surface area contributed by atoms with Crippen LogP contribution in [-0.4, -0.2) is 37.2 Å². The van der Waals surface area contributed by atoms with E-state index in [1.54, 1.807) is 0 Å². The lowest BCUT2D eigenvalue weighted by atomic mass is 10.0. The third kappa shape index (κ3) is 68.7. The molecular formula is C77H132O6. The van der Waals surface area contributed by atoms with Crippen molar-refractivity contribution in [2.24, 2.45) is 0 Å². The molecule has 1 unspecified atom stereocenters. The number of esters is 3. The number of carbonyl (C=O) groups excluding carboxylic acids is 3. The molecule has 0 aromatic rings. The molecule has 83 heavy (non-hydrogen) atoms. The molecule has 0 N–H and O–H groups in total. The lowest BCUT2D eigenvalue weighted by Crippen LogP contribution is -2.30. The molecular weight excluding hydrogens is 1020 g/mol. The third-order valence-electron chi connectivity index (χ3n) is 15.2. The van der Waals surface area contributed by atoms with Gasteiger partial charge in [0.1, 0.15) is 13.2 Å². The van der Waals surface area contributed by atoms with Gasteiger partial charge in [0.05, 0.1) is 0 Å². The van der Waals surface area contributed by atoms with Crippen molar-refractivity contribution in [2.45, 2.75) is 348 Å². The van der Waals surface area contributed by atoms with Gasteiger partial charge in [-0.15, -0.1) is 0 Å². The van der Waals surface area contributed by atoms with Gasteiger partial charge >= 0.3 is 17.9 Å². The Kier molecular flexibility index (Phi) is 67.2. The van der Waals surface area contributed by atoms with Crippen LogP contribution in [0.25, 0.3) is 0 Å². The average molecular weight is 1150 g/mol. The Morgan fingerprint density at radius 1 is 0.253 bits per heavy atom. The van der Waals surface area contributed by atoms with E-state index >= 15 is 0 Å². The van der Waals surface area contributed by atoms with Crippen LogP contribution in [0.15, 0.2) is 109 Å². The first kappa shape index (κ1) is 79.1. The smallest absolute Gasteiger partial charge is 0.306 e. The molecule has 0 rings (SSSR count). The zero-order chi connectivity index (χ0) is 59.9. The fourth-order valence-corrected chi connectivity index (χ4v) is 10.0. The van der Waals surface area contributed by atoms with E-state index in [9.17, 15) is 14.4 Å². The highest BCUT2D eigenvalue weighted by atomic mass is 16.6. The Morgan fingerprint density at radius 3 is 0.747 bits per heavy atom. The first-order valence-corrected chi connectivity index (χ1v) is 35.4. The number of ether oxygens (including phenoxy) is 3. The molecule has 0 saturated carbocycles. The maximum atomic E-state index is 12.9. The number of rotatable bonds is 64. The highest BCUT2D eigenvalue weighted by Crippen LogP contribution is 2.17. The summed E-state index contributed by atoms with van der Waals surface area (Å²) in [6, 6.07) is 0. The predicted molar refractivity (Wildman–Crippen MR) is 362 cm³/mol. The Labute approximate surface area is 514 Å². The van der Waals surface area contributed by atoms with Crippen LogP contribution in [0.3, 0.4) is 0 Å². The Balaban J connectivity index is 4.27. The molecule has 0 amide bonds. The zero-order valence-electron chi connectivity index (χ0n) is 54.7. The molecule has 1 atom stereocenters. The second-order valence-electron chi connectivity index (χ2n) is 23.4. The summed E-state index contributed by atoms with van der Waals surface area (Å²) in [7, 11) is 0. The standard InChI is InChI=1S/C77H132O6/c1-4-7-10-13-16-19-22-25-28-31-32-33-34-35-36-37-38-39-40-41-42-43-44-47-49-52-55-58-61-64-67-70-76(79)82-73-74(83-77(80)71-68-65-62-59-56-53-50-46-30-27-24-21-18-15-12-9-6-3)72-81-75(78)69-66-63-60-57-54-51-48-45-29-26-23-20-17-14-11-8-5-2/h8-9,11-12,17-18,20-21,26-27,29-32,48,50-51,53,74H,4-7,10,13-16,19,22-25,28,33-47,49,52,54-73H2,1-3H3/b11-8-,12-9-,20-17-,21-18-,29-26-,30-27-,32-31-,51-48-,53-50-. The van der Waals surface area contributed by atoms with E-state index in [1.165, 1.54) is 167 Å². The summed E-state index contributed by atoms with van der Waals surface area (Å²) in [5.41, 5.74) is 0. The van der Waals surface area contributed by atoms with E-state index in [1.807, 2.05) is 0 Å². The van der Waals surface area contributed by atoms with E-state index in [0.29, 0.717) is 19.3 Å². The van der Waals surface area contributed by atoms with Gasteiger partial charge < -0.3 is 14.2 Å². The first-order chi connectivity index (χ1) is 41.0. The first-order valence-electron chi connectivity index (χ1n) is 35.4. The summed E-state index contributed by atoms with van der Waals surface area (Å²) in [5.74, 6) is -0.932. The Hall–Kier alpha value is -3.93. The number of unbranched alkanes of at least 4 members (excludes halogenated alkanes) is 35. The van der Waals surface area contributed by atoms with Crippen molar-refractivity contribution in [2.75, 3.05) is 13.2 Å². The van der Waals surface area contributed by atoms with E-state index in [4.69, 9.17) is 14.2 Å². The molecule has 0 bridgehead atoms. The molecule has 0 aliphatic heterocycles. The van der Waals surface area contributed by atoms with Crippen LogP contribution in [0.1, 0.15) is 342 Å².